The summed E-state index contributed by atoms with van der Waals surface area (Å²) in [5.74, 6) is 0. The van der Waals surface area contributed by atoms with E-state index in [9.17, 15) is 0 Å². The highest BCUT2D eigenvalue weighted by Gasteiger charge is 2.24. The number of rotatable bonds is 4. The average Bonchev–Trinajstić information content (AvgIpc) is 2.66. The zero-order valence-corrected chi connectivity index (χ0v) is 17.5. The summed E-state index contributed by atoms with van der Waals surface area (Å²) < 4.78 is 0. The molecule has 25 heavy (non-hydrogen) atoms. The average molecular weight is 445 g/mol. The van der Waals surface area contributed by atoms with Crippen molar-refractivity contribution in [3.05, 3.63) is 96.9 Å². The van der Waals surface area contributed by atoms with Gasteiger partial charge in [0.1, 0.15) is 0 Å². The standard InChI is InChI=1S/C19H11Cl5Si/c20-13-14(21)16(23)19(17(24)15(13)22)25-18(11-7-3-1-4-8-11)12-9-5-2-6-10-12/h1-10,18H. The minimum absolute atomic E-state index is 0.0886. The predicted molar refractivity (Wildman–Crippen MR) is 112 cm³/mol. The van der Waals surface area contributed by atoms with Gasteiger partial charge in [0.05, 0.1) is 34.6 Å². The second kappa shape index (κ2) is 8.35. The van der Waals surface area contributed by atoms with Gasteiger partial charge in [-0.3, -0.25) is 0 Å². The van der Waals surface area contributed by atoms with Crippen LogP contribution in [0.5, 0.6) is 0 Å². The van der Waals surface area contributed by atoms with E-state index in [-0.39, 0.29) is 30.1 Å². The topological polar surface area (TPSA) is 0 Å². The van der Waals surface area contributed by atoms with E-state index < -0.39 is 0 Å². The molecule has 0 aliphatic heterocycles. The van der Waals surface area contributed by atoms with Gasteiger partial charge in [0.15, 0.2) is 0 Å². The van der Waals surface area contributed by atoms with Gasteiger partial charge in [-0.1, -0.05) is 119 Å². The minimum Gasteiger partial charge on any atom is -0.0827 e. The maximum Gasteiger partial charge on any atom is 0.0991 e. The Hall–Kier alpha value is -0.673. The van der Waals surface area contributed by atoms with Crippen molar-refractivity contribution in [2.75, 3.05) is 0 Å². The van der Waals surface area contributed by atoms with Crippen molar-refractivity contribution in [1.82, 2.24) is 0 Å². The number of halogens is 5. The van der Waals surface area contributed by atoms with Crippen LogP contribution in [0.4, 0.5) is 0 Å². The summed E-state index contributed by atoms with van der Waals surface area (Å²) in [5, 5.41) is 2.09. The van der Waals surface area contributed by atoms with Gasteiger partial charge in [0, 0.05) is 5.54 Å². The van der Waals surface area contributed by atoms with Crippen LogP contribution in [0.15, 0.2) is 60.7 Å². The molecule has 3 aromatic carbocycles. The Morgan fingerprint density at radius 3 is 1.28 bits per heavy atom. The van der Waals surface area contributed by atoms with Crippen LogP contribution in [0, 0.1) is 0 Å². The normalized spacial score (nSPS) is 11.1. The van der Waals surface area contributed by atoms with Crippen molar-refractivity contribution in [2.45, 2.75) is 5.54 Å². The van der Waals surface area contributed by atoms with Crippen LogP contribution in [-0.2, 0) is 0 Å². The Kier molecular flexibility index (Phi) is 6.38. The first-order valence-electron chi connectivity index (χ1n) is 7.38. The SMILES string of the molecule is Clc1c(Cl)c(Cl)c([Si]C(c2ccccc2)c2ccccc2)c(Cl)c1Cl. The fourth-order valence-corrected chi connectivity index (χ4v) is 5.66. The molecule has 2 radical (unpaired) electrons. The van der Waals surface area contributed by atoms with E-state index in [1.165, 1.54) is 11.1 Å². The Morgan fingerprint density at radius 2 is 0.880 bits per heavy atom. The van der Waals surface area contributed by atoms with Gasteiger partial charge in [-0.2, -0.15) is 0 Å². The second-order valence-corrected chi connectivity index (χ2v) is 8.60. The molecule has 0 aliphatic rings. The molecule has 0 unspecified atom stereocenters. The summed E-state index contributed by atoms with van der Waals surface area (Å²) in [6.45, 7) is 0. The molecule has 0 saturated heterocycles. The van der Waals surface area contributed by atoms with Gasteiger partial charge in [-0.05, 0) is 16.3 Å². The lowest BCUT2D eigenvalue weighted by molar-refractivity contribution is 1.13. The summed E-state index contributed by atoms with van der Waals surface area (Å²) in [6, 6.07) is 20.4. The van der Waals surface area contributed by atoms with Crippen molar-refractivity contribution >= 4 is 72.7 Å². The summed E-state index contributed by atoms with van der Waals surface area (Å²) in [6.07, 6.45) is 0. The zero-order valence-electron chi connectivity index (χ0n) is 12.7. The van der Waals surface area contributed by atoms with Crippen LogP contribution >= 0.6 is 58.0 Å². The molecule has 0 N–H and O–H groups in total. The summed E-state index contributed by atoms with van der Waals surface area (Å²) in [5.41, 5.74) is 2.42. The maximum absolute atomic E-state index is 6.44. The zero-order chi connectivity index (χ0) is 18.0. The lowest BCUT2D eigenvalue weighted by Gasteiger charge is -2.20. The van der Waals surface area contributed by atoms with E-state index in [2.05, 4.69) is 24.3 Å². The Labute approximate surface area is 174 Å². The van der Waals surface area contributed by atoms with E-state index in [1.807, 2.05) is 36.4 Å². The quantitative estimate of drug-likeness (QED) is 0.229. The van der Waals surface area contributed by atoms with Crippen LogP contribution in [0.3, 0.4) is 0 Å². The molecule has 6 heteroatoms. The van der Waals surface area contributed by atoms with Crippen LogP contribution in [0.1, 0.15) is 16.7 Å². The number of benzene rings is 3. The van der Waals surface area contributed by atoms with E-state index in [0.717, 1.165) is 5.19 Å². The summed E-state index contributed by atoms with van der Waals surface area (Å²) in [7, 11) is 0.246. The van der Waals surface area contributed by atoms with Crippen molar-refractivity contribution in [2.24, 2.45) is 0 Å². The highest BCUT2D eigenvalue weighted by atomic mass is 35.5. The number of hydrogen-bond donors (Lipinski definition) is 0. The molecule has 126 valence electrons. The Balaban J connectivity index is 2.12. The molecule has 0 spiro atoms. The van der Waals surface area contributed by atoms with Crippen LogP contribution < -0.4 is 5.19 Å². The van der Waals surface area contributed by atoms with Gasteiger partial charge in [-0.15, -0.1) is 0 Å². The molecule has 0 atom stereocenters. The Bertz CT molecular complexity index is 813. The minimum atomic E-state index is 0.0886. The summed E-state index contributed by atoms with van der Waals surface area (Å²) in [4.78, 5) is 0. The van der Waals surface area contributed by atoms with E-state index >= 15 is 0 Å². The van der Waals surface area contributed by atoms with Gasteiger partial charge >= 0.3 is 0 Å². The lowest BCUT2D eigenvalue weighted by atomic mass is 10.0. The second-order valence-electron chi connectivity index (χ2n) is 5.34. The van der Waals surface area contributed by atoms with Crippen molar-refractivity contribution in [3.63, 3.8) is 0 Å². The monoisotopic (exact) mass is 442 g/mol. The van der Waals surface area contributed by atoms with Gasteiger partial charge in [0.2, 0.25) is 0 Å². The van der Waals surface area contributed by atoms with E-state index in [0.29, 0.717) is 10.0 Å². The molecule has 0 fully saturated rings. The first kappa shape index (κ1) is 19.1. The third-order valence-corrected chi connectivity index (χ3v) is 8.10. The highest BCUT2D eigenvalue weighted by Crippen LogP contribution is 2.39. The van der Waals surface area contributed by atoms with E-state index in [1.54, 1.807) is 0 Å². The molecule has 0 heterocycles. The van der Waals surface area contributed by atoms with Gasteiger partial charge < -0.3 is 0 Å². The van der Waals surface area contributed by atoms with Crippen LogP contribution in [0.2, 0.25) is 25.1 Å². The van der Waals surface area contributed by atoms with Gasteiger partial charge in [0.25, 0.3) is 0 Å². The molecule has 0 aliphatic carbocycles. The van der Waals surface area contributed by atoms with Crippen LogP contribution in [-0.4, -0.2) is 9.52 Å². The first-order valence-corrected chi connectivity index (χ1v) is 10.3. The molecular formula is C19H11Cl5Si. The molecule has 0 aromatic heterocycles. The molecule has 0 nitrogen and oxygen atoms in total. The first-order chi connectivity index (χ1) is 12.0. The number of hydrogen-bond acceptors (Lipinski definition) is 0. The largest absolute Gasteiger partial charge is 0.0991 e. The predicted octanol–water partition coefficient (Wildman–Crippen LogP) is 7.07. The van der Waals surface area contributed by atoms with Crippen molar-refractivity contribution < 1.29 is 0 Å². The molecule has 0 saturated carbocycles. The smallest absolute Gasteiger partial charge is 0.0827 e. The van der Waals surface area contributed by atoms with E-state index in [4.69, 9.17) is 58.0 Å². The lowest BCUT2D eigenvalue weighted by Crippen LogP contribution is -2.26. The summed E-state index contributed by atoms with van der Waals surface area (Å²) >= 11 is 31.5. The fourth-order valence-electron chi connectivity index (χ4n) is 2.53. The third kappa shape index (κ3) is 4.03. The fraction of sp³-hybridized carbons (Fsp3) is 0.0526. The highest BCUT2D eigenvalue weighted by molar-refractivity contribution is 6.68. The van der Waals surface area contributed by atoms with Crippen LogP contribution in [0.25, 0.3) is 0 Å². The van der Waals surface area contributed by atoms with Gasteiger partial charge in [-0.25, -0.2) is 0 Å². The molecular weight excluding hydrogens is 434 g/mol. The molecule has 0 amide bonds. The van der Waals surface area contributed by atoms with Crippen molar-refractivity contribution in [1.29, 1.82) is 0 Å². The Morgan fingerprint density at radius 1 is 0.520 bits per heavy atom. The maximum atomic E-state index is 6.44. The molecule has 3 aromatic rings. The van der Waals surface area contributed by atoms with Crippen molar-refractivity contribution in [3.8, 4) is 0 Å². The molecule has 0 bridgehead atoms. The molecule has 3 rings (SSSR count). The third-order valence-electron chi connectivity index (χ3n) is 3.76.